The number of benzene rings is 2. The summed E-state index contributed by atoms with van der Waals surface area (Å²) in [6.07, 6.45) is 0. The number of aromatic nitrogens is 1. The summed E-state index contributed by atoms with van der Waals surface area (Å²) in [6, 6.07) is 12.1. The SMILES string of the molecule is Cc1ccc(-c2csc(NC(=O)COc3ccc(Br)cc3C(C)C)n2)cc1C. The Morgan fingerprint density at radius 2 is 1.96 bits per heavy atom. The third-order valence-electron chi connectivity index (χ3n) is 4.51. The van der Waals surface area contributed by atoms with E-state index in [1.54, 1.807) is 0 Å². The van der Waals surface area contributed by atoms with Crippen LogP contribution in [0, 0.1) is 13.8 Å². The molecule has 0 fully saturated rings. The average Bonchev–Trinajstić information content (AvgIpc) is 3.11. The molecular weight excluding hydrogens is 436 g/mol. The predicted octanol–water partition coefficient (Wildman–Crippen LogP) is 6.33. The number of rotatable bonds is 6. The molecule has 1 N–H and O–H groups in total. The number of halogens is 1. The number of hydrogen-bond acceptors (Lipinski definition) is 4. The van der Waals surface area contributed by atoms with Crippen LogP contribution < -0.4 is 10.1 Å². The van der Waals surface area contributed by atoms with Gasteiger partial charge < -0.3 is 4.74 Å². The number of carbonyl (C=O) groups is 1. The molecule has 0 atom stereocenters. The lowest BCUT2D eigenvalue weighted by Gasteiger charge is -2.14. The number of carbonyl (C=O) groups excluding carboxylic acids is 1. The van der Waals surface area contributed by atoms with Crippen molar-refractivity contribution in [3.63, 3.8) is 0 Å². The molecule has 6 heteroatoms. The third kappa shape index (κ3) is 5.00. The molecule has 3 rings (SSSR count). The van der Waals surface area contributed by atoms with Crippen molar-refractivity contribution < 1.29 is 9.53 Å². The van der Waals surface area contributed by atoms with Crippen molar-refractivity contribution in [3.05, 3.63) is 62.9 Å². The summed E-state index contributed by atoms with van der Waals surface area (Å²) in [6.45, 7) is 8.30. The van der Waals surface area contributed by atoms with Gasteiger partial charge >= 0.3 is 0 Å². The summed E-state index contributed by atoms with van der Waals surface area (Å²) < 4.78 is 6.75. The normalized spacial score (nSPS) is 10.9. The molecule has 28 heavy (non-hydrogen) atoms. The van der Waals surface area contributed by atoms with Crippen molar-refractivity contribution in [2.24, 2.45) is 0 Å². The van der Waals surface area contributed by atoms with Gasteiger partial charge in [-0.25, -0.2) is 4.98 Å². The Hall–Kier alpha value is -2.18. The van der Waals surface area contributed by atoms with E-state index in [9.17, 15) is 4.79 Å². The summed E-state index contributed by atoms with van der Waals surface area (Å²) in [4.78, 5) is 16.8. The summed E-state index contributed by atoms with van der Waals surface area (Å²) >= 11 is 4.89. The Morgan fingerprint density at radius 1 is 1.18 bits per heavy atom. The molecule has 1 aromatic heterocycles. The van der Waals surface area contributed by atoms with Gasteiger partial charge in [-0.05, 0) is 60.7 Å². The molecule has 0 saturated carbocycles. The van der Waals surface area contributed by atoms with Gasteiger partial charge in [-0.3, -0.25) is 10.1 Å². The zero-order valence-electron chi connectivity index (χ0n) is 16.4. The molecular formula is C22H23BrN2O2S. The Bertz CT molecular complexity index is 998. The van der Waals surface area contributed by atoms with Crippen molar-refractivity contribution in [2.45, 2.75) is 33.6 Å². The Balaban J connectivity index is 1.63. The second-order valence-electron chi connectivity index (χ2n) is 7.01. The molecule has 0 aliphatic carbocycles. The van der Waals surface area contributed by atoms with Crippen LogP contribution >= 0.6 is 27.3 Å². The van der Waals surface area contributed by atoms with Crippen LogP contribution in [0.3, 0.4) is 0 Å². The minimum Gasteiger partial charge on any atom is -0.483 e. The molecule has 2 aromatic carbocycles. The first-order valence-electron chi connectivity index (χ1n) is 9.08. The molecule has 0 unspecified atom stereocenters. The maximum atomic E-state index is 12.3. The van der Waals surface area contributed by atoms with Crippen LogP contribution in [0.15, 0.2) is 46.3 Å². The number of nitrogens with one attached hydrogen (secondary N) is 1. The van der Waals surface area contributed by atoms with E-state index in [0.717, 1.165) is 27.0 Å². The molecule has 0 saturated heterocycles. The molecule has 0 aliphatic rings. The van der Waals surface area contributed by atoms with Gasteiger partial charge in [0.1, 0.15) is 5.75 Å². The molecule has 146 valence electrons. The Morgan fingerprint density at radius 3 is 2.68 bits per heavy atom. The second-order valence-corrected chi connectivity index (χ2v) is 8.78. The van der Waals surface area contributed by atoms with E-state index in [-0.39, 0.29) is 12.5 Å². The largest absolute Gasteiger partial charge is 0.483 e. The smallest absolute Gasteiger partial charge is 0.264 e. The number of hydrogen-bond donors (Lipinski definition) is 1. The topological polar surface area (TPSA) is 51.2 Å². The fraction of sp³-hybridized carbons (Fsp3) is 0.273. The number of thiazole rings is 1. The van der Waals surface area contributed by atoms with Gasteiger partial charge in [-0.2, -0.15) is 0 Å². The van der Waals surface area contributed by atoms with E-state index in [1.807, 2.05) is 29.6 Å². The van der Waals surface area contributed by atoms with Gasteiger partial charge in [0.2, 0.25) is 0 Å². The standard InChI is InChI=1S/C22H23BrN2O2S/c1-13(2)18-10-17(23)7-8-20(18)27-11-21(26)25-22-24-19(12-28-22)16-6-5-14(3)15(4)9-16/h5-10,12-13H,11H2,1-4H3,(H,24,25,26). The molecule has 3 aromatic rings. The van der Waals surface area contributed by atoms with Gasteiger partial charge in [0.05, 0.1) is 5.69 Å². The van der Waals surface area contributed by atoms with Crippen molar-refractivity contribution in [2.75, 3.05) is 11.9 Å². The Labute approximate surface area is 178 Å². The highest BCUT2D eigenvalue weighted by Crippen LogP contribution is 2.30. The number of anilines is 1. The zero-order chi connectivity index (χ0) is 20.3. The number of ether oxygens (including phenoxy) is 1. The lowest BCUT2D eigenvalue weighted by atomic mass is 10.0. The van der Waals surface area contributed by atoms with E-state index >= 15 is 0 Å². The maximum Gasteiger partial charge on any atom is 0.264 e. The van der Waals surface area contributed by atoms with Crippen LogP contribution in [-0.4, -0.2) is 17.5 Å². The molecule has 0 radical (unpaired) electrons. The molecule has 0 aliphatic heterocycles. The van der Waals surface area contributed by atoms with Crippen LogP contribution in [0.1, 0.15) is 36.5 Å². The summed E-state index contributed by atoms with van der Waals surface area (Å²) in [7, 11) is 0. The van der Waals surface area contributed by atoms with Gasteiger partial charge in [0.15, 0.2) is 11.7 Å². The van der Waals surface area contributed by atoms with Gasteiger partial charge in [0, 0.05) is 15.4 Å². The van der Waals surface area contributed by atoms with Gasteiger partial charge in [-0.1, -0.05) is 41.9 Å². The number of aryl methyl sites for hydroxylation is 2. The third-order valence-corrected chi connectivity index (χ3v) is 5.76. The predicted molar refractivity (Wildman–Crippen MR) is 119 cm³/mol. The highest BCUT2D eigenvalue weighted by atomic mass is 79.9. The van der Waals surface area contributed by atoms with Crippen LogP contribution in [0.5, 0.6) is 5.75 Å². The quantitative estimate of drug-likeness (QED) is 0.469. The van der Waals surface area contributed by atoms with Crippen molar-refractivity contribution in [1.82, 2.24) is 4.98 Å². The molecule has 0 spiro atoms. The first-order chi connectivity index (χ1) is 13.3. The van der Waals surface area contributed by atoms with E-state index in [4.69, 9.17) is 4.74 Å². The lowest BCUT2D eigenvalue weighted by molar-refractivity contribution is -0.118. The summed E-state index contributed by atoms with van der Waals surface area (Å²) in [5, 5.41) is 5.34. The number of nitrogens with zero attached hydrogens (tertiary/aromatic N) is 1. The van der Waals surface area contributed by atoms with E-state index in [2.05, 4.69) is 66.1 Å². The van der Waals surface area contributed by atoms with E-state index in [0.29, 0.717) is 11.0 Å². The highest BCUT2D eigenvalue weighted by molar-refractivity contribution is 9.10. The number of amides is 1. The van der Waals surface area contributed by atoms with Crippen LogP contribution in [0.4, 0.5) is 5.13 Å². The van der Waals surface area contributed by atoms with Crippen LogP contribution in [0.2, 0.25) is 0 Å². The lowest BCUT2D eigenvalue weighted by Crippen LogP contribution is -2.20. The van der Waals surface area contributed by atoms with E-state index < -0.39 is 0 Å². The summed E-state index contributed by atoms with van der Waals surface area (Å²) in [5.41, 5.74) is 5.44. The average molecular weight is 459 g/mol. The monoisotopic (exact) mass is 458 g/mol. The minimum atomic E-state index is -0.224. The van der Waals surface area contributed by atoms with Crippen molar-refractivity contribution in [1.29, 1.82) is 0 Å². The molecule has 0 bridgehead atoms. The molecule has 1 heterocycles. The molecule has 4 nitrogen and oxygen atoms in total. The van der Waals surface area contributed by atoms with Crippen LogP contribution in [0.25, 0.3) is 11.3 Å². The summed E-state index contributed by atoms with van der Waals surface area (Å²) in [5.74, 6) is 0.803. The van der Waals surface area contributed by atoms with Gasteiger partial charge in [0.25, 0.3) is 5.91 Å². The highest BCUT2D eigenvalue weighted by Gasteiger charge is 2.12. The second kappa shape index (κ2) is 8.88. The Kier molecular flexibility index (Phi) is 6.52. The first-order valence-corrected chi connectivity index (χ1v) is 10.8. The minimum absolute atomic E-state index is 0.0556. The fourth-order valence-corrected chi connectivity index (χ4v) is 3.88. The molecule has 1 amide bonds. The maximum absolute atomic E-state index is 12.3. The van der Waals surface area contributed by atoms with Crippen molar-refractivity contribution in [3.8, 4) is 17.0 Å². The zero-order valence-corrected chi connectivity index (χ0v) is 18.8. The fourth-order valence-electron chi connectivity index (χ4n) is 2.77. The van der Waals surface area contributed by atoms with Crippen molar-refractivity contribution >= 4 is 38.3 Å². The van der Waals surface area contributed by atoms with Crippen LogP contribution in [-0.2, 0) is 4.79 Å². The van der Waals surface area contributed by atoms with Gasteiger partial charge in [-0.15, -0.1) is 11.3 Å². The first kappa shape index (κ1) is 20.6. The van der Waals surface area contributed by atoms with E-state index in [1.165, 1.54) is 22.5 Å².